The minimum Gasteiger partial charge on any atom is -0.496 e. The van der Waals surface area contributed by atoms with Crippen molar-refractivity contribution >= 4 is 16.6 Å². The van der Waals surface area contributed by atoms with Crippen LogP contribution in [0.25, 0.3) is 10.8 Å². The fourth-order valence-corrected chi connectivity index (χ4v) is 2.43. The normalized spacial score (nSPS) is 12.7. The second-order valence-corrected chi connectivity index (χ2v) is 5.81. The Kier molecular flexibility index (Phi) is 5.02. The Morgan fingerprint density at radius 2 is 2.00 bits per heavy atom. The lowest BCUT2D eigenvalue weighted by atomic mass is 10.0. The first kappa shape index (κ1) is 15.6. The minimum absolute atomic E-state index is 0.219. The molecule has 21 heavy (non-hydrogen) atoms. The number of pyridine rings is 1. The van der Waals surface area contributed by atoms with Crippen LogP contribution in [0.5, 0.6) is 5.75 Å². The highest BCUT2D eigenvalue weighted by Gasteiger charge is 2.13. The van der Waals surface area contributed by atoms with E-state index in [4.69, 9.17) is 10.5 Å². The van der Waals surface area contributed by atoms with Gasteiger partial charge in [-0.3, -0.25) is 0 Å². The predicted octanol–water partition coefficient (Wildman–Crippen LogP) is 3.05. The molecular formula is C17H25N3O. The Morgan fingerprint density at radius 3 is 2.67 bits per heavy atom. The van der Waals surface area contributed by atoms with Gasteiger partial charge in [0.1, 0.15) is 11.6 Å². The Bertz CT molecular complexity index is 598. The van der Waals surface area contributed by atoms with Crippen molar-refractivity contribution in [2.45, 2.75) is 26.3 Å². The van der Waals surface area contributed by atoms with Gasteiger partial charge in [0.2, 0.25) is 0 Å². The number of methoxy groups -OCH3 is 1. The topological polar surface area (TPSA) is 51.4 Å². The van der Waals surface area contributed by atoms with Gasteiger partial charge in [0, 0.05) is 36.6 Å². The largest absolute Gasteiger partial charge is 0.496 e. The van der Waals surface area contributed by atoms with Crippen molar-refractivity contribution in [1.82, 2.24) is 4.98 Å². The van der Waals surface area contributed by atoms with E-state index in [9.17, 15) is 0 Å². The quantitative estimate of drug-likeness (QED) is 0.887. The molecule has 1 aromatic heterocycles. The molecule has 0 saturated carbocycles. The van der Waals surface area contributed by atoms with Crippen LogP contribution in [-0.4, -0.2) is 31.7 Å². The lowest BCUT2D eigenvalue weighted by molar-refractivity contribution is 0.420. The van der Waals surface area contributed by atoms with Crippen LogP contribution in [0.2, 0.25) is 0 Å². The third-order valence-electron chi connectivity index (χ3n) is 3.98. The first-order chi connectivity index (χ1) is 10.0. The molecule has 0 fully saturated rings. The van der Waals surface area contributed by atoms with Crippen LogP contribution in [0.1, 0.15) is 20.3 Å². The molecule has 2 N–H and O–H groups in total. The molecule has 2 aromatic rings. The third-order valence-corrected chi connectivity index (χ3v) is 3.98. The molecule has 0 spiro atoms. The maximum atomic E-state index is 6.13. The van der Waals surface area contributed by atoms with Gasteiger partial charge in [-0.1, -0.05) is 26.0 Å². The van der Waals surface area contributed by atoms with E-state index in [-0.39, 0.29) is 6.04 Å². The summed E-state index contributed by atoms with van der Waals surface area (Å²) >= 11 is 0. The van der Waals surface area contributed by atoms with Crippen molar-refractivity contribution in [3.63, 3.8) is 0 Å². The first-order valence-electron chi connectivity index (χ1n) is 7.43. The van der Waals surface area contributed by atoms with Crippen LogP contribution < -0.4 is 15.4 Å². The van der Waals surface area contributed by atoms with Crippen molar-refractivity contribution in [1.29, 1.82) is 0 Å². The molecule has 2 rings (SSSR count). The fraction of sp³-hybridized carbons (Fsp3) is 0.471. The van der Waals surface area contributed by atoms with Gasteiger partial charge in [0.25, 0.3) is 0 Å². The molecule has 0 saturated heterocycles. The monoisotopic (exact) mass is 287 g/mol. The van der Waals surface area contributed by atoms with Crippen LogP contribution in [0, 0.1) is 5.92 Å². The molecule has 0 aliphatic heterocycles. The number of rotatable bonds is 6. The van der Waals surface area contributed by atoms with Gasteiger partial charge in [-0.25, -0.2) is 4.98 Å². The SMILES string of the molecule is COc1cccc2c(N(C)CCC(N)C(C)C)nccc12. The maximum absolute atomic E-state index is 6.13. The summed E-state index contributed by atoms with van der Waals surface area (Å²) in [5.74, 6) is 2.35. The van der Waals surface area contributed by atoms with E-state index in [1.165, 1.54) is 0 Å². The van der Waals surface area contributed by atoms with Crippen LogP contribution in [0.15, 0.2) is 30.5 Å². The van der Waals surface area contributed by atoms with Gasteiger partial charge in [0.15, 0.2) is 0 Å². The average Bonchev–Trinajstić information content (AvgIpc) is 2.50. The first-order valence-corrected chi connectivity index (χ1v) is 7.43. The van der Waals surface area contributed by atoms with Crippen LogP contribution >= 0.6 is 0 Å². The zero-order chi connectivity index (χ0) is 15.4. The number of hydrogen-bond donors (Lipinski definition) is 1. The minimum atomic E-state index is 0.219. The molecule has 1 atom stereocenters. The molecule has 1 aromatic carbocycles. The smallest absolute Gasteiger partial charge is 0.136 e. The summed E-state index contributed by atoms with van der Waals surface area (Å²) in [7, 11) is 3.76. The van der Waals surface area contributed by atoms with E-state index in [2.05, 4.69) is 36.8 Å². The molecule has 0 bridgehead atoms. The van der Waals surface area contributed by atoms with E-state index in [1.54, 1.807) is 7.11 Å². The summed E-state index contributed by atoms with van der Waals surface area (Å²) in [5, 5.41) is 2.20. The van der Waals surface area contributed by atoms with Gasteiger partial charge in [-0.2, -0.15) is 0 Å². The predicted molar refractivity (Wildman–Crippen MR) is 89.0 cm³/mol. The van der Waals surface area contributed by atoms with E-state index < -0.39 is 0 Å². The summed E-state index contributed by atoms with van der Waals surface area (Å²) in [6.07, 6.45) is 2.79. The highest BCUT2D eigenvalue weighted by atomic mass is 16.5. The van der Waals surface area contributed by atoms with Crippen LogP contribution in [-0.2, 0) is 0 Å². The lowest BCUT2D eigenvalue weighted by Gasteiger charge is -2.23. The van der Waals surface area contributed by atoms with E-state index >= 15 is 0 Å². The summed E-state index contributed by atoms with van der Waals surface area (Å²) in [6.45, 7) is 5.21. The molecule has 1 unspecified atom stereocenters. The van der Waals surface area contributed by atoms with E-state index in [1.807, 2.05) is 24.4 Å². The standard InChI is InChI=1S/C17H25N3O/c1-12(2)15(18)9-11-20(3)17-14-6-5-7-16(21-4)13(14)8-10-19-17/h5-8,10,12,15H,9,11,18H2,1-4H3. The van der Waals surface area contributed by atoms with Gasteiger partial charge < -0.3 is 15.4 Å². The summed E-state index contributed by atoms with van der Waals surface area (Å²) in [5.41, 5.74) is 6.13. The molecule has 4 heteroatoms. The Labute approximate surface area is 126 Å². The number of ether oxygens (including phenoxy) is 1. The highest BCUT2D eigenvalue weighted by Crippen LogP contribution is 2.30. The number of hydrogen-bond acceptors (Lipinski definition) is 4. The molecule has 0 aliphatic rings. The second-order valence-electron chi connectivity index (χ2n) is 5.81. The molecule has 1 heterocycles. The number of aromatic nitrogens is 1. The summed E-state index contributed by atoms with van der Waals surface area (Å²) in [4.78, 5) is 6.71. The van der Waals surface area contributed by atoms with Gasteiger partial charge in [-0.15, -0.1) is 0 Å². The number of benzene rings is 1. The third kappa shape index (κ3) is 3.45. The van der Waals surface area contributed by atoms with Crippen LogP contribution in [0.3, 0.4) is 0 Å². The number of fused-ring (bicyclic) bond motifs is 1. The van der Waals surface area contributed by atoms with Gasteiger partial charge in [-0.05, 0) is 24.5 Å². The highest BCUT2D eigenvalue weighted by molar-refractivity contribution is 5.96. The molecular weight excluding hydrogens is 262 g/mol. The second kappa shape index (κ2) is 6.76. The van der Waals surface area contributed by atoms with Crippen LogP contribution in [0.4, 0.5) is 5.82 Å². The molecule has 0 aliphatic carbocycles. The zero-order valence-corrected chi connectivity index (χ0v) is 13.3. The summed E-state index contributed by atoms with van der Waals surface area (Å²) in [6, 6.07) is 8.27. The summed E-state index contributed by atoms with van der Waals surface area (Å²) < 4.78 is 5.43. The van der Waals surface area contributed by atoms with Crippen molar-refractivity contribution in [2.75, 3.05) is 25.6 Å². The number of nitrogens with zero attached hydrogens (tertiary/aromatic N) is 2. The Balaban J connectivity index is 2.25. The maximum Gasteiger partial charge on any atom is 0.136 e. The molecule has 0 amide bonds. The molecule has 4 nitrogen and oxygen atoms in total. The van der Waals surface area contributed by atoms with Crippen molar-refractivity contribution < 1.29 is 4.74 Å². The molecule has 0 radical (unpaired) electrons. The van der Waals surface area contributed by atoms with Gasteiger partial charge >= 0.3 is 0 Å². The zero-order valence-electron chi connectivity index (χ0n) is 13.3. The van der Waals surface area contributed by atoms with Gasteiger partial charge in [0.05, 0.1) is 7.11 Å². The van der Waals surface area contributed by atoms with E-state index in [0.717, 1.165) is 35.3 Å². The van der Waals surface area contributed by atoms with Crippen molar-refractivity contribution in [3.8, 4) is 5.75 Å². The Hall–Kier alpha value is -1.81. The average molecular weight is 287 g/mol. The number of nitrogens with two attached hydrogens (primary N) is 1. The molecule has 114 valence electrons. The number of anilines is 1. The van der Waals surface area contributed by atoms with Crippen molar-refractivity contribution in [2.24, 2.45) is 11.7 Å². The Morgan fingerprint density at radius 1 is 1.24 bits per heavy atom. The van der Waals surface area contributed by atoms with E-state index in [0.29, 0.717) is 5.92 Å². The lowest BCUT2D eigenvalue weighted by Crippen LogP contribution is -2.32. The fourth-order valence-electron chi connectivity index (χ4n) is 2.43. The van der Waals surface area contributed by atoms with Crippen molar-refractivity contribution in [3.05, 3.63) is 30.5 Å².